The highest BCUT2D eigenvalue weighted by Crippen LogP contribution is 2.38. The molecule has 176 valence electrons. The number of para-hydroxylation sites is 2. The number of rotatable bonds is 4. The number of H-pyrrole nitrogens is 1. The largest absolute Gasteiger partial charge is 0.321 e. The van der Waals surface area contributed by atoms with E-state index in [-0.39, 0.29) is 17.5 Å². The number of hydrazone groups is 1. The molecule has 6 heteroatoms. The van der Waals surface area contributed by atoms with Crippen LogP contribution in [0.15, 0.2) is 101 Å². The molecule has 1 atom stereocenters. The summed E-state index contributed by atoms with van der Waals surface area (Å²) in [6.45, 7) is 1.83. The van der Waals surface area contributed by atoms with Gasteiger partial charge in [-0.2, -0.15) is 5.10 Å². The summed E-state index contributed by atoms with van der Waals surface area (Å²) in [5.74, 6) is -0.0959. The lowest BCUT2D eigenvalue weighted by atomic mass is 9.90. The minimum atomic E-state index is -0.347. The molecule has 0 radical (unpaired) electrons. The molecule has 36 heavy (non-hydrogen) atoms. The first-order valence-corrected chi connectivity index (χ1v) is 12.1. The predicted octanol–water partition coefficient (Wildman–Crippen LogP) is 5.83. The molecule has 0 unspecified atom stereocenters. The smallest absolute Gasteiger partial charge is 0.258 e. The van der Waals surface area contributed by atoms with Crippen LogP contribution in [-0.4, -0.2) is 26.6 Å². The number of hydrogen-bond acceptors (Lipinski definition) is 4. The topological polar surface area (TPSA) is 78.4 Å². The second-order valence-corrected chi connectivity index (χ2v) is 8.90. The van der Waals surface area contributed by atoms with E-state index < -0.39 is 0 Å². The maximum absolute atomic E-state index is 13.6. The van der Waals surface area contributed by atoms with Gasteiger partial charge in [0.25, 0.3) is 5.56 Å². The fraction of sp³-hybridized carbons (Fsp3) is 0.133. The van der Waals surface area contributed by atoms with Gasteiger partial charge in [-0.25, -0.2) is 5.01 Å². The molecule has 1 aliphatic heterocycles. The number of aromatic amines is 1. The van der Waals surface area contributed by atoms with Crippen LogP contribution in [0.2, 0.25) is 0 Å². The second kappa shape index (κ2) is 8.89. The van der Waals surface area contributed by atoms with Crippen molar-refractivity contribution in [1.29, 1.82) is 0 Å². The standard InChI is InChI=1S/C30H24N4O2/c1-2-26(35)34-25(22-15-8-12-20-13-9-17-31-29(20)22)18-24(33-34)28-27(19-10-4-3-5-11-19)21-14-6-7-16-23(21)32-30(28)36/h3-17,25H,2,18H2,1H3,(H,32,36)/t25-/m0/s1. The minimum Gasteiger partial charge on any atom is -0.321 e. The van der Waals surface area contributed by atoms with E-state index in [1.54, 1.807) is 11.2 Å². The first-order chi connectivity index (χ1) is 17.7. The summed E-state index contributed by atoms with van der Waals surface area (Å²) in [7, 11) is 0. The Labute approximate surface area is 207 Å². The van der Waals surface area contributed by atoms with Crippen molar-refractivity contribution in [3.63, 3.8) is 0 Å². The quantitative estimate of drug-likeness (QED) is 0.357. The van der Waals surface area contributed by atoms with Crippen molar-refractivity contribution in [2.75, 3.05) is 0 Å². The Bertz CT molecular complexity index is 1700. The van der Waals surface area contributed by atoms with Gasteiger partial charge in [0.15, 0.2) is 0 Å². The highest BCUT2D eigenvalue weighted by molar-refractivity contribution is 6.13. The van der Waals surface area contributed by atoms with E-state index in [2.05, 4.69) is 9.97 Å². The van der Waals surface area contributed by atoms with Gasteiger partial charge in [-0.3, -0.25) is 14.6 Å². The second-order valence-electron chi connectivity index (χ2n) is 8.90. The molecule has 0 aliphatic carbocycles. The number of amides is 1. The van der Waals surface area contributed by atoms with Crippen molar-refractivity contribution >= 4 is 33.4 Å². The molecule has 5 aromatic rings. The zero-order valence-corrected chi connectivity index (χ0v) is 19.8. The molecule has 6 rings (SSSR count). The minimum absolute atomic E-state index is 0.0959. The van der Waals surface area contributed by atoms with Gasteiger partial charge in [0.05, 0.1) is 22.8 Å². The Balaban J connectivity index is 1.57. The lowest BCUT2D eigenvalue weighted by molar-refractivity contribution is -0.132. The molecule has 3 aromatic carbocycles. The summed E-state index contributed by atoms with van der Waals surface area (Å²) >= 11 is 0. The van der Waals surface area contributed by atoms with E-state index in [0.29, 0.717) is 24.1 Å². The predicted molar refractivity (Wildman–Crippen MR) is 143 cm³/mol. The number of carbonyl (C=O) groups is 1. The summed E-state index contributed by atoms with van der Waals surface area (Å²) in [6.07, 6.45) is 2.49. The van der Waals surface area contributed by atoms with Crippen LogP contribution in [-0.2, 0) is 4.79 Å². The van der Waals surface area contributed by atoms with E-state index in [0.717, 1.165) is 38.5 Å². The molecular formula is C30H24N4O2. The lowest BCUT2D eigenvalue weighted by Gasteiger charge is -2.22. The molecule has 0 saturated carbocycles. The average molecular weight is 473 g/mol. The molecule has 2 aromatic heterocycles. The first-order valence-electron chi connectivity index (χ1n) is 12.1. The monoisotopic (exact) mass is 472 g/mol. The molecule has 1 aliphatic rings. The van der Waals surface area contributed by atoms with Crippen LogP contribution < -0.4 is 5.56 Å². The zero-order valence-electron chi connectivity index (χ0n) is 19.8. The van der Waals surface area contributed by atoms with E-state index >= 15 is 0 Å². The molecule has 0 spiro atoms. The van der Waals surface area contributed by atoms with E-state index in [1.165, 1.54) is 0 Å². The summed E-state index contributed by atoms with van der Waals surface area (Å²) in [5.41, 5.74) is 5.17. The van der Waals surface area contributed by atoms with Crippen molar-refractivity contribution in [2.45, 2.75) is 25.8 Å². The van der Waals surface area contributed by atoms with Gasteiger partial charge in [0.2, 0.25) is 5.91 Å². The third-order valence-electron chi connectivity index (χ3n) is 6.76. The summed E-state index contributed by atoms with van der Waals surface area (Å²) in [4.78, 5) is 34.3. The Morgan fingerprint density at radius 2 is 1.72 bits per heavy atom. The van der Waals surface area contributed by atoms with E-state index in [4.69, 9.17) is 5.10 Å². The molecule has 0 fully saturated rings. The number of nitrogens with one attached hydrogen (secondary N) is 1. The van der Waals surface area contributed by atoms with Gasteiger partial charge in [0, 0.05) is 46.5 Å². The van der Waals surface area contributed by atoms with Crippen LogP contribution in [0, 0.1) is 0 Å². The van der Waals surface area contributed by atoms with Crippen LogP contribution >= 0.6 is 0 Å². The Hall–Kier alpha value is -4.58. The number of aromatic nitrogens is 2. The van der Waals surface area contributed by atoms with Crippen molar-refractivity contribution in [3.05, 3.63) is 113 Å². The van der Waals surface area contributed by atoms with Gasteiger partial charge in [-0.1, -0.05) is 79.7 Å². The number of hydrogen-bond donors (Lipinski definition) is 1. The molecule has 3 heterocycles. The number of benzene rings is 3. The molecule has 1 N–H and O–H groups in total. The van der Waals surface area contributed by atoms with E-state index in [1.807, 2.05) is 91.9 Å². The van der Waals surface area contributed by atoms with Crippen LogP contribution in [0.4, 0.5) is 0 Å². The van der Waals surface area contributed by atoms with Gasteiger partial charge in [-0.15, -0.1) is 0 Å². The highest BCUT2D eigenvalue weighted by Gasteiger charge is 2.35. The molecular weight excluding hydrogens is 448 g/mol. The Morgan fingerprint density at radius 1 is 0.944 bits per heavy atom. The van der Waals surface area contributed by atoms with Gasteiger partial charge < -0.3 is 4.98 Å². The van der Waals surface area contributed by atoms with Crippen LogP contribution in [0.1, 0.15) is 36.9 Å². The zero-order chi connectivity index (χ0) is 24.6. The Kier molecular flexibility index (Phi) is 5.41. The number of fused-ring (bicyclic) bond motifs is 2. The van der Waals surface area contributed by atoms with Crippen molar-refractivity contribution in [2.24, 2.45) is 5.10 Å². The fourth-order valence-corrected chi connectivity index (χ4v) is 5.12. The number of pyridine rings is 2. The maximum atomic E-state index is 13.6. The maximum Gasteiger partial charge on any atom is 0.258 e. The third kappa shape index (κ3) is 3.58. The first kappa shape index (κ1) is 21.9. The van der Waals surface area contributed by atoms with Crippen molar-refractivity contribution < 1.29 is 4.79 Å². The van der Waals surface area contributed by atoms with Crippen LogP contribution in [0.3, 0.4) is 0 Å². The summed E-state index contributed by atoms with van der Waals surface area (Å²) < 4.78 is 0. The van der Waals surface area contributed by atoms with Crippen LogP contribution in [0.5, 0.6) is 0 Å². The van der Waals surface area contributed by atoms with Crippen LogP contribution in [0.25, 0.3) is 32.9 Å². The SMILES string of the molecule is CCC(=O)N1N=C(c2c(-c3ccccc3)c3ccccc3[nH]c2=O)C[C@H]1c1cccc2cccnc12. The average Bonchev–Trinajstić information content (AvgIpc) is 3.36. The molecule has 1 amide bonds. The number of carbonyl (C=O) groups excluding carboxylic acids is 1. The molecule has 0 bridgehead atoms. The third-order valence-corrected chi connectivity index (χ3v) is 6.76. The molecule has 6 nitrogen and oxygen atoms in total. The highest BCUT2D eigenvalue weighted by atomic mass is 16.2. The normalized spacial score (nSPS) is 15.4. The summed E-state index contributed by atoms with van der Waals surface area (Å²) in [5, 5.41) is 8.28. The van der Waals surface area contributed by atoms with Gasteiger partial charge >= 0.3 is 0 Å². The van der Waals surface area contributed by atoms with E-state index in [9.17, 15) is 9.59 Å². The van der Waals surface area contributed by atoms with Crippen molar-refractivity contribution in [3.8, 4) is 11.1 Å². The fourth-order valence-electron chi connectivity index (χ4n) is 5.12. The van der Waals surface area contributed by atoms with Gasteiger partial charge in [-0.05, 0) is 17.7 Å². The van der Waals surface area contributed by atoms with Crippen molar-refractivity contribution in [1.82, 2.24) is 15.0 Å². The van der Waals surface area contributed by atoms with Gasteiger partial charge in [0.1, 0.15) is 0 Å². The lowest BCUT2D eigenvalue weighted by Crippen LogP contribution is -2.26. The molecule has 0 saturated heterocycles. The Morgan fingerprint density at radius 3 is 2.56 bits per heavy atom. The number of nitrogens with zero attached hydrogens (tertiary/aromatic N) is 3. The summed E-state index contributed by atoms with van der Waals surface area (Å²) in [6, 6.07) is 27.2.